The van der Waals surface area contributed by atoms with Crippen molar-refractivity contribution in [2.75, 3.05) is 19.6 Å². The number of hydrogen-bond donors (Lipinski definition) is 1. The highest BCUT2D eigenvalue weighted by molar-refractivity contribution is 9.10. The van der Waals surface area contributed by atoms with Gasteiger partial charge in [0.15, 0.2) is 0 Å². The zero-order valence-corrected chi connectivity index (χ0v) is 10.5. The Morgan fingerprint density at radius 3 is 2.93 bits per heavy atom. The Morgan fingerprint density at radius 1 is 1.40 bits per heavy atom. The molecule has 0 unspecified atom stereocenters. The summed E-state index contributed by atoms with van der Waals surface area (Å²) in [5, 5.41) is 2.81. The van der Waals surface area contributed by atoms with Gasteiger partial charge in [0.1, 0.15) is 0 Å². The van der Waals surface area contributed by atoms with Crippen LogP contribution in [0.15, 0.2) is 33.6 Å². The zero-order valence-electron chi connectivity index (χ0n) is 8.07. The molecule has 0 aliphatic carbocycles. The van der Waals surface area contributed by atoms with Crippen LogP contribution in [-0.2, 0) is 4.79 Å². The van der Waals surface area contributed by atoms with Gasteiger partial charge in [-0.05, 0) is 40.0 Å². The summed E-state index contributed by atoms with van der Waals surface area (Å²) in [5.41, 5.74) is 0. The van der Waals surface area contributed by atoms with Gasteiger partial charge in [0, 0.05) is 22.5 Å². The number of carbonyl (C=O) groups excluding carboxylic acids is 1. The van der Waals surface area contributed by atoms with Gasteiger partial charge < -0.3 is 5.32 Å². The first-order chi connectivity index (χ1) is 7.25. The van der Waals surface area contributed by atoms with Crippen LogP contribution in [0.4, 0.5) is 0 Å². The lowest BCUT2D eigenvalue weighted by molar-refractivity contribution is -0.122. The van der Waals surface area contributed by atoms with Gasteiger partial charge in [-0.3, -0.25) is 4.79 Å². The number of nitrogens with one attached hydrogen (secondary N) is 1. The molecule has 0 saturated carbocycles. The first-order valence-corrected chi connectivity index (χ1v) is 6.26. The van der Waals surface area contributed by atoms with E-state index < -0.39 is 0 Å². The summed E-state index contributed by atoms with van der Waals surface area (Å²) in [7, 11) is 0. The summed E-state index contributed by atoms with van der Waals surface area (Å²) in [6.45, 7) is 2.08. The Kier molecular flexibility index (Phi) is 3.66. The second-order valence-corrected chi connectivity index (χ2v) is 5.23. The van der Waals surface area contributed by atoms with E-state index >= 15 is 0 Å². The smallest absolute Gasteiger partial charge is 0.235 e. The molecule has 80 valence electrons. The number of halogens is 1. The first kappa shape index (κ1) is 11.0. The summed E-state index contributed by atoms with van der Waals surface area (Å²) in [6, 6.07) is 8.03. The molecule has 1 aromatic carbocycles. The lowest BCUT2D eigenvalue weighted by Crippen LogP contribution is -2.44. The van der Waals surface area contributed by atoms with Crippen molar-refractivity contribution in [3.05, 3.63) is 28.7 Å². The van der Waals surface area contributed by atoms with Gasteiger partial charge in [-0.15, -0.1) is 0 Å². The molecule has 3 nitrogen and oxygen atoms in total. The SMILES string of the molecule is O=C1CN(Sc2ccccc2Br)CCN1. The average molecular weight is 287 g/mol. The molecule has 1 saturated heterocycles. The Morgan fingerprint density at radius 2 is 2.20 bits per heavy atom. The van der Waals surface area contributed by atoms with Crippen LogP contribution in [0.3, 0.4) is 0 Å². The predicted octanol–water partition coefficient (Wildman–Crippen LogP) is 1.89. The molecule has 1 heterocycles. The van der Waals surface area contributed by atoms with Crippen LogP contribution < -0.4 is 5.32 Å². The molecule has 0 spiro atoms. The lowest BCUT2D eigenvalue weighted by Gasteiger charge is -2.25. The number of rotatable bonds is 2. The standard InChI is InChI=1S/C10H11BrN2OS/c11-8-3-1-2-4-9(8)15-13-6-5-12-10(14)7-13/h1-4H,5-7H2,(H,12,14). The Balaban J connectivity index is 2.02. The van der Waals surface area contributed by atoms with E-state index in [1.54, 1.807) is 11.9 Å². The minimum atomic E-state index is 0.0980. The molecule has 1 aliphatic rings. The van der Waals surface area contributed by atoms with Crippen LogP contribution in [0.25, 0.3) is 0 Å². The monoisotopic (exact) mass is 286 g/mol. The summed E-state index contributed by atoms with van der Waals surface area (Å²) in [4.78, 5) is 12.3. The second-order valence-electron chi connectivity index (χ2n) is 3.24. The van der Waals surface area contributed by atoms with Crippen LogP contribution >= 0.6 is 27.9 Å². The minimum Gasteiger partial charge on any atom is -0.354 e. The van der Waals surface area contributed by atoms with Crippen molar-refractivity contribution >= 4 is 33.8 Å². The fourth-order valence-electron chi connectivity index (χ4n) is 1.35. The number of carbonyl (C=O) groups is 1. The maximum Gasteiger partial charge on any atom is 0.235 e. The van der Waals surface area contributed by atoms with E-state index in [2.05, 4.69) is 25.6 Å². The van der Waals surface area contributed by atoms with E-state index in [0.29, 0.717) is 6.54 Å². The van der Waals surface area contributed by atoms with Crippen LogP contribution in [-0.4, -0.2) is 29.8 Å². The quantitative estimate of drug-likeness (QED) is 0.843. The molecular weight excluding hydrogens is 276 g/mol. The van der Waals surface area contributed by atoms with Crippen molar-refractivity contribution in [2.45, 2.75) is 4.90 Å². The van der Waals surface area contributed by atoms with Crippen molar-refractivity contribution in [3.63, 3.8) is 0 Å². The van der Waals surface area contributed by atoms with Gasteiger partial charge in [-0.25, -0.2) is 4.31 Å². The molecule has 5 heteroatoms. The number of amides is 1. The lowest BCUT2D eigenvalue weighted by atomic mass is 10.4. The van der Waals surface area contributed by atoms with Gasteiger partial charge in [0.25, 0.3) is 0 Å². The van der Waals surface area contributed by atoms with E-state index in [4.69, 9.17) is 0 Å². The summed E-state index contributed by atoms with van der Waals surface area (Å²) in [6.07, 6.45) is 0. The predicted molar refractivity (Wildman–Crippen MR) is 64.6 cm³/mol. The molecule has 1 N–H and O–H groups in total. The number of nitrogens with zero attached hydrogens (tertiary/aromatic N) is 1. The molecule has 0 radical (unpaired) electrons. The summed E-state index contributed by atoms with van der Waals surface area (Å²) < 4.78 is 3.14. The van der Waals surface area contributed by atoms with Crippen LogP contribution in [0.5, 0.6) is 0 Å². The van der Waals surface area contributed by atoms with E-state index in [-0.39, 0.29) is 5.91 Å². The highest BCUT2D eigenvalue weighted by Gasteiger charge is 2.17. The highest BCUT2D eigenvalue weighted by Crippen LogP contribution is 2.29. The first-order valence-electron chi connectivity index (χ1n) is 4.70. The molecule has 1 fully saturated rings. The molecule has 15 heavy (non-hydrogen) atoms. The topological polar surface area (TPSA) is 32.3 Å². The molecular formula is C10H11BrN2OS. The third-order valence-electron chi connectivity index (χ3n) is 2.07. The minimum absolute atomic E-state index is 0.0980. The van der Waals surface area contributed by atoms with E-state index in [1.807, 2.05) is 24.3 Å². The average Bonchev–Trinajstić information content (AvgIpc) is 2.22. The van der Waals surface area contributed by atoms with Crippen molar-refractivity contribution in [1.29, 1.82) is 0 Å². The van der Waals surface area contributed by atoms with Crippen LogP contribution in [0.2, 0.25) is 0 Å². The fraction of sp³-hybridized carbons (Fsp3) is 0.300. The number of piperazine rings is 1. The van der Waals surface area contributed by atoms with Crippen molar-refractivity contribution in [3.8, 4) is 0 Å². The third-order valence-corrected chi connectivity index (χ3v) is 4.14. The van der Waals surface area contributed by atoms with E-state index in [0.717, 1.165) is 22.5 Å². The van der Waals surface area contributed by atoms with Gasteiger partial charge >= 0.3 is 0 Å². The molecule has 2 rings (SSSR count). The maximum atomic E-state index is 11.2. The zero-order chi connectivity index (χ0) is 10.7. The molecule has 0 atom stereocenters. The summed E-state index contributed by atoms with van der Waals surface area (Å²) in [5.74, 6) is 0.0980. The van der Waals surface area contributed by atoms with E-state index in [1.165, 1.54) is 0 Å². The largest absolute Gasteiger partial charge is 0.354 e. The van der Waals surface area contributed by atoms with Gasteiger partial charge in [-0.2, -0.15) is 0 Å². The van der Waals surface area contributed by atoms with Gasteiger partial charge in [-0.1, -0.05) is 12.1 Å². The second kappa shape index (κ2) is 5.01. The Bertz CT molecular complexity index is 372. The number of hydrogen-bond acceptors (Lipinski definition) is 3. The Labute approximate surface area is 101 Å². The maximum absolute atomic E-state index is 11.2. The van der Waals surface area contributed by atoms with Crippen molar-refractivity contribution in [1.82, 2.24) is 9.62 Å². The third kappa shape index (κ3) is 2.96. The molecule has 0 aromatic heterocycles. The molecule has 1 aliphatic heterocycles. The summed E-state index contributed by atoms with van der Waals surface area (Å²) >= 11 is 5.11. The van der Waals surface area contributed by atoms with Gasteiger partial charge in [0.05, 0.1) is 6.54 Å². The van der Waals surface area contributed by atoms with E-state index in [9.17, 15) is 4.79 Å². The fourth-order valence-corrected chi connectivity index (χ4v) is 2.79. The molecule has 1 aromatic rings. The number of benzene rings is 1. The molecule has 0 bridgehead atoms. The van der Waals surface area contributed by atoms with Crippen LogP contribution in [0, 0.1) is 0 Å². The van der Waals surface area contributed by atoms with Gasteiger partial charge in [0.2, 0.25) is 5.91 Å². The van der Waals surface area contributed by atoms with Crippen molar-refractivity contribution in [2.24, 2.45) is 0 Å². The Hall–Kier alpha value is -0.520. The molecule has 1 amide bonds. The highest BCUT2D eigenvalue weighted by atomic mass is 79.9. The van der Waals surface area contributed by atoms with Crippen LogP contribution in [0.1, 0.15) is 0 Å². The normalized spacial score (nSPS) is 17.5. The van der Waals surface area contributed by atoms with Crippen molar-refractivity contribution < 1.29 is 4.79 Å².